The molecule has 0 bridgehead atoms. The maximum Gasteiger partial charge on any atom is 0.247 e. The fourth-order valence-corrected chi connectivity index (χ4v) is 3.84. The molecule has 8 heteroatoms. The zero-order valence-corrected chi connectivity index (χ0v) is 18.2. The summed E-state index contributed by atoms with van der Waals surface area (Å²) in [5, 5.41) is 8.40. The van der Waals surface area contributed by atoms with Crippen molar-refractivity contribution in [2.24, 2.45) is 0 Å². The summed E-state index contributed by atoms with van der Waals surface area (Å²) in [6.07, 6.45) is 0. The van der Waals surface area contributed by atoms with E-state index in [0.29, 0.717) is 29.8 Å². The van der Waals surface area contributed by atoms with Crippen molar-refractivity contribution < 1.29 is 18.6 Å². The maximum atomic E-state index is 5.85. The van der Waals surface area contributed by atoms with Crippen molar-refractivity contribution in [2.75, 3.05) is 47.5 Å². The number of aromatic nitrogens is 2. The van der Waals surface area contributed by atoms with Gasteiger partial charge >= 0.3 is 0 Å². The molecule has 2 heterocycles. The van der Waals surface area contributed by atoms with Gasteiger partial charge in [0.15, 0.2) is 11.5 Å². The van der Waals surface area contributed by atoms with E-state index in [4.69, 9.17) is 18.6 Å². The van der Waals surface area contributed by atoms with Crippen LogP contribution in [0.25, 0.3) is 11.5 Å². The van der Waals surface area contributed by atoms with Crippen LogP contribution in [0.1, 0.15) is 11.5 Å². The second-order valence-electron chi connectivity index (χ2n) is 7.41. The molecule has 0 unspecified atom stereocenters. The van der Waals surface area contributed by atoms with Gasteiger partial charge in [0.1, 0.15) is 0 Å². The molecule has 31 heavy (non-hydrogen) atoms. The fraction of sp³-hybridized carbons (Fsp3) is 0.391. The molecule has 0 saturated carbocycles. The first-order valence-corrected chi connectivity index (χ1v) is 10.3. The predicted molar refractivity (Wildman–Crippen MR) is 116 cm³/mol. The third-order valence-corrected chi connectivity index (χ3v) is 5.49. The lowest BCUT2D eigenvalue weighted by molar-refractivity contribution is 0.114. The van der Waals surface area contributed by atoms with Gasteiger partial charge in [-0.25, -0.2) is 0 Å². The lowest BCUT2D eigenvalue weighted by Gasteiger charge is -2.34. The lowest BCUT2D eigenvalue weighted by atomic mass is 10.1. The average Bonchev–Trinajstić information content (AvgIpc) is 3.29. The Labute approximate surface area is 182 Å². The third-order valence-electron chi connectivity index (χ3n) is 5.49. The number of hydrogen-bond acceptors (Lipinski definition) is 8. The second kappa shape index (κ2) is 9.80. The van der Waals surface area contributed by atoms with E-state index < -0.39 is 0 Å². The average molecular weight is 425 g/mol. The predicted octanol–water partition coefficient (Wildman–Crippen LogP) is 3.08. The van der Waals surface area contributed by atoms with Crippen LogP contribution in [0.5, 0.6) is 17.2 Å². The SMILES string of the molecule is COc1ccc(CN2CCN(Cc3nnc(-c4ccccc4)o3)CC2)c(OC)c1OC. The van der Waals surface area contributed by atoms with Crippen LogP contribution in [0.3, 0.4) is 0 Å². The summed E-state index contributed by atoms with van der Waals surface area (Å²) < 4.78 is 22.4. The van der Waals surface area contributed by atoms with Crippen LogP contribution in [0.2, 0.25) is 0 Å². The van der Waals surface area contributed by atoms with Crippen LogP contribution in [-0.4, -0.2) is 67.5 Å². The topological polar surface area (TPSA) is 73.1 Å². The summed E-state index contributed by atoms with van der Waals surface area (Å²) in [5.41, 5.74) is 2.02. The van der Waals surface area contributed by atoms with E-state index in [1.54, 1.807) is 21.3 Å². The summed E-state index contributed by atoms with van der Waals surface area (Å²) in [6, 6.07) is 13.8. The highest BCUT2D eigenvalue weighted by atomic mass is 16.5. The molecule has 1 fully saturated rings. The van der Waals surface area contributed by atoms with Gasteiger partial charge in [0, 0.05) is 43.9 Å². The molecule has 0 spiro atoms. The number of benzene rings is 2. The Morgan fingerprint density at radius 1 is 0.774 bits per heavy atom. The monoisotopic (exact) mass is 424 g/mol. The highest BCUT2D eigenvalue weighted by Crippen LogP contribution is 2.40. The molecular formula is C23H28N4O4. The molecule has 3 aromatic rings. The number of ether oxygens (including phenoxy) is 3. The van der Waals surface area contributed by atoms with Gasteiger partial charge in [-0.3, -0.25) is 9.80 Å². The molecule has 0 N–H and O–H groups in total. The van der Waals surface area contributed by atoms with Crippen LogP contribution >= 0.6 is 0 Å². The zero-order valence-electron chi connectivity index (χ0n) is 18.2. The van der Waals surface area contributed by atoms with Crippen LogP contribution < -0.4 is 14.2 Å². The van der Waals surface area contributed by atoms with Crippen molar-refractivity contribution in [2.45, 2.75) is 13.1 Å². The normalized spacial score (nSPS) is 15.1. The minimum Gasteiger partial charge on any atom is -0.493 e. The van der Waals surface area contributed by atoms with Crippen molar-refractivity contribution in [3.05, 3.63) is 53.9 Å². The van der Waals surface area contributed by atoms with Crippen molar-refractivity contribution in [3.8, 4) is 28.7 Å². The van der Waals surface area contributed by atoms with E-state index in [1.807, 2.05) is 42.5 Å². The van der Waals surface area contributed by atoms with Crippen LogP contribution in [0.15, 0.2) is 46.9 Å². The molecule has 0 aliphatic carbocycles. The Morgan fingerprint density at radius 3 is 2.10 bits per heavy atom. The van der Waals surface area contributed by atoms with Crippen molar-refractivity contribution in [1.29, 1.82) is 0 Å². The molecule has 0 atom stereocenters. The van der Waals surface area contributed by atoms with E-state index in [1.165, 1.54) is 0 Å². The molecule has 1 aliphatic rings. The van der Waals surface area contributed by atoms with Gasteiger partial charge in [-0.1, -0.05) is 24.3 Å². The summed E-state index contributed by atoms with van der Waals surface area (Å²) in [6.45, 7) is 5.19. The number of rotatable bonds is 8. The van der Waals surface area contributed by atoms with Crippen LogP contribution in [0.4, 0.5) is 0 Å². The lowest BCUT2D eigenvalue weighted by Crippen LogP contribution is -2.45. The van der Waals surface area contributed by atoms with Crippen molar-refractivity contribution in [1.82, 2.24) is 20.0 Å². The van der Waals surface area contributed by atoms with Crippen molar-refractivity contribution >= 4 is 0 Å². The molecule has 0 amide bonds. The number of methoxy groups -OCH3 is 3. The summed E-state index contributed by atoms with van der Waals surface area (Å²) in [4.78, 5) is 4.74. The number of hydrogen-bond donors (Lipinski definition) is 0. The van der Waals surface area contributed by atoms with Gasteiger partial charge in [0.2, 0.25) is 17.5 Å². The molecule has 8 nitrogen and oxygen atoms in total. The first-order chi connectivity index (χ1) is 15.2. The minimum atomic E-state index is 0.565. The summed E-state index contributed by atoms with van der Waals surface area (Å²) in [7, 11) is 4.92. The first kappa shape index (κ1) is 21.1. The number of nitrogens with zero attached hydrogens (tertiary/aromatic N) is 4. The highest BCUT2D eigenvalue weighted by Gasteiger charge is 2.22. The number of piperazine rings is 1. The van der Waals surface area contributed by atoms with Gasteiger partial charge < -0.3 is 18.6 Å². The molecule has 1 aromatic heterocycles. The van der Waals surface area contributed by atoms with E-state index in [9.17, 15) is 0 Å². The van der Waals surface area contributed by atoms with E-state index in [0.717, 1.165) is 49.6 Å². The Bertz CT molecular complexity index is 984. The molecule has 164 valence electrons. The third kappa shape index (κ3) is 4.81. The van der Waals surface area contributed by atoms with E-state index >= 15 is 0 Å². The zero-order chi connectivity index (χ0) is 21.6. The van der Waals surface area contributed by atoms with Crippen LogP contribution in [0, 0.1) is 0 Å². The minimum absolute atomic E-state index is 0.565. The Morgan fingerprint density at radius 2 is 1.45 bits per heavy atom. The van der Waals surface area contributed by atoms with Gasteiger partial charge in [-0.15, -0.1) is 10.2 Å². The Balaban J connectivity index is 1.34. The molecule has 2 aromatic carbocycles. The standard InChI is InChI=1S/C23H28N4O4/c1-28-19-10-9-18(21(29-2)22(19)30-3)15-26-11-13-27(14-12-26)16-20-24-25-23(31-20)17-7-5-4-6-8-17/h4-10H,11-16H2,1-3H3. The largest absolute Gasteiger partial charge is 0.493 e. The maximum absolute atomic E-state index is 5.85. The van der Waals surface area contributed by atoms with Crippen molar-refractivity contribution in [3.63, 3.8) is 0 Å². The Kier molecular flexibility index (Phi) is 6.69. The quantitative estimate of drug-likeness (QED) is 0.546. The molecular weight excluding hydrogens is 396 g/mol. The second-order valence-corrected chi connectivity index (χ2v) is 7.41. The van der Waals surface area contributed by atoms with Gasteiger partial charge in [-0.2, -0.15) is 0 Å². The summed E-state index contributed by atoms with van der Waals surface area (Å²) >= 11 is 0. The fourth-order valence-electron chi connectivity index (χ4n) is 3.84. The summed E-state index contributed by atoms with van der Waals surface area (Å²) in [5.74, 6) is 3.24. The molecule has 0 radical (unpaired) electrons. The van der Waals surface area contributed by atoms with Gasteiger partial charge in [0.05, 0.1) is 27.9 Å². The molecule has 4 rings (SSSR count). The smallest absolute Gasteiger partial charge is 0.247 e. The molecule has 1 saturated heterocycles. The Hall–Kier alpha value is -3.10. The highest BCUT2D eigenvalue weighted by molar-refractivity contribution is 5.55. The van der Waals surface area contributed by atoms with E-state index in [2.05, 4.69) is 20.0 Å². The first-order valence-electron chi connectivity index (χ1n) is 10.3. The van der Waals surface area contributed by atoms with Crippen LogP contribution in [-0.2, 0) is 13.1 Å². The van der Waals surface area contributed by atoms with Gasteiger partial charge in [-0.05, 0) is 18.2 Å². The van der Waals surface area contributed by atoms with E-state index in [-0.39, 0.29) is 0 Å². The molecule has 1 aliphatic heterocycles. The van der Waals surface area contributed by atoms with Gasteiger partial charge in [0.25, 0.3) is 0 Å².